The molecule has 8 nitrogen and oxygen atoms in total. The molecule has 8 heteroatoms. The van der Waals surface area contributed by atoms with Crippen molar-refractivity contribution in [2.75, 3.05) is 17.7 Å². The van der Waals surface area contributed by atoms with Gasteiger partial charge in [-0.2, -0.15) is 4.99 Å². The van der Waals surface area contributed by atoms with E-state index in [1.165, 1.54) is 0 Å². The number of nitrogens with two attached hydrogens (primary N) is 1. The zero-order valence-electron chi connectivity index (χ0n) is 18.5. The first kappa shape index (κ1) is 22.6. The normalized spacial score (nSPS) is 11.6. The highest BCUT2D eigenvalue weighted by Crippen LogP contribution is 2.25. The number of hydrogen-bond donors (Lipinski definition) is 3. The second kappa shape index (κ2) is 9.82. The number of anilines is 2. The summed E-state index contributed by atoms with van der Waals surface area (Å²) < 4.78 is 10.6. The molecule has 0 atom stereocenters. The van der Waals surface area contributed by atoms with Gasteiger partial charge in [0.1, 0.15) is 11.4 Å². The average molecular weight is 434 g/mol. The van der Waals surface area contributed by atoms with Crippen molar-refractivity contribution < 1.29 is 14.3 Å². The van der Waals surface area contributed by atoms with Crippen LogP contribution in [-0.2, 0) is 4.74 Å². The van der Waals surface area contributed by atoms with Crippen molar-refractivity contribution in [2.45, 2.75) is 26.4 Å². The minimum atomic E-state index is -0.565. The molecule has 0 saturated carbocycles. The molecule has 166 valence electrons. The molecular formula is C24H27N5O3. The van der Waals surface area contributed by atoms with Gasteiger partial charge in [0.2, 0.25) is 0 Å². The molecule has 0 bridgehead atoms. The molecule has 3 aromatic rings. The zero-order chi connectivity index (χ0) is 23.1. The van der Waals surface area contributed by atoms with Gasteiger partial charge in [-0.05, 0) is 62.7 Å². The number of aromatic nitrogens is 1. The van der Waals surface area contributed by atoms with E-state index in [0.717, 1.165) is 11.1 Å². The Morgan fingerprint density at radius 2 is 1.78 bits per heavy atom. The van der Waals surface area contributed by atoms with Gasteiger partial charge in [0.15, 0.2) is 11.8 Å². The van der Waals surface area contributed by atoms with Crippen LogP contribution in [0.15, 0.2) is 71.9 Å². The van der Waals surface area contributed by atoms with Gasteiger partial charge in [-0.3, -0.25) is 5.32 Å². The third-order valence-electron chi connectivity index (χ3n) is 4.19. The number of methoxy groups -OCH3 is 1. The van der Waals surface area contributed by atoms with Crippen LogP contribution < -0.4 is 21.1 Å². The highest BCUT2D eigenvalue weighted by Gasteiger charge is 2.16. The lowest BCUT2D eigenvalue weighted by Gasteiger charge is -2.19. The largest absolute Gasteiger partial charge is 0.495 e. The van der Waals surface area contributed by atoms with E-state index in [2.05, 4.69) is 20.6 Å². The number of pyridine rings is 1. The lowest BCUT2D eigenvalue weighted by Crippen LogP contribution is -2.27. The molecule has 0 spiro atoms. The first-order valence-corrected chi connectivity index (χ1v) is 10.0. The molecule has 32 heavy (non-hydrogen) atoms. The molecule has 3 rings (SSSR count). The number of para-hydroxylation sites is 2. The van der Waals surface area contributed by atoms with E-state index >= 15 is 0 Å². The van der Waals surface area contributed by atoms with Gasteiger partial charge in [0, 0.05) is 17.4 Å². The second-order valence-corrected chi connectivity index (χ2v) is 7.94. The van der Waals surface area contributed by atoms with E-state index in [9.17, 15) is 4.79 Å². The quantitative estimate of drug-likeness (QED) is 0.378. The number of carbonyl (C=O) groups is 1. The van der Waals surface area contributed by atoms with Gasteiger partial charge >= 0.3 is 6.09 Å². The minimum absolute atomic E-state index is 0.193. The molecule has 1 heterocycles. The molecule has 1 aromatic heterocycles. The number of ether oxygens (including phenoxy) is 2. The highest BCUT2D eigenvalue weighted by atomic mass is 16.6. The molecule has 0 aliphatic rings. The molecule has 0 saturated heterocycles. The number of nitrogens with one attached hydrogen (secondary N) is 2. The van der Waals surface area contributed by atoms with Gasteiger partial charge in [-0.25, -0.2) is 9.78 Å². The summed E-state index contributed by atoms with van der Waals surface area (Å²) in [6.07, 6.45) is 1.19. The van der Waals surface area contributed by atoms with Crippen molar-refractivity contribution in [1.29, 1.82) is 0 Å². The van der Waals surface area contributed by atoms with E-state index in [1.807, 2.05) is 69.3 Å². The summed E-state index contributed by atoms with van der Waals surface area (Å²) in [4.78, 5) is 20.7. The molecule has 0 aliphatic heterocycles. The maximum atomic E-state index is 12.0. The van der Waals surface area contributed by atoms with Gasteiger partial charge in [0.25, 0.3) is 0 Å². The van der Waals surface area contributed by atoms with Crippen LogP contribution in [0, 0.1) is 0 Å². The monoisotopic (exact) mass is 433 g/mol. The number of aliphatic imine (C=N–C) groups is 1. The number of hydrogen-bond acceptors (Lipinski definition) is 5. The number of nitrogens with zero attached hydrogens (tertiary/aromatic N) is 2. The average Bonchev–Trinajstić information content (AvgIpc) is 2.73. The number of guanidine groups is 1. The zero-order valence-corrected chi connectivity index (χ0v) is 18.5. The second-order valence-electron chi connectivity index (χ2n) is 7.94. The van der Waals surface area contributed by atoms with E-state index in [1.54, 1.807) is 25.4 Å². The van der Waals surface area contributed by atoms with E-state index in [0.29, 0.717) is 22.9 Å². The van der Waals surface area contributed by atoms with Crippen LogP contribution in [-0.4, -0.2) is 29.7 Å². The van der Waals surface area contributed by atoms with Crippen molar-refractivity contribution in [2.24, 2.45) is 10.7 Å². The summed E-state index contributed by atoms with van der Waals surface area (Å²) in [6.45, 7) is 5.45. The van der Waals surface area contributed by atoms with Crippen LogP contribution in [0.5, 0.6) is 5.75 Å². The predicted octanol–water partition coefficient (Wildman–Crippen LogP) is 5.16. The van der Waals surface area contributed by atoms with Crippen molar-refractivity contribution in [3.8, 4) is 16.9 Å². The van der Waals surface area contributed by atoms with Crippen LogP contribution in [0.3, 0.4) is 0 Å². The van der Waals surface area contributed by atoms with Crippen molar-refractivity contribution >= 4 is 29.2 Å². The molecule has 0 aliphatic carbocycles. The molecule has 2 aromatic carbocycles. The Bertz CT molecular complexity index is 1110. The summed E-state index contributed by atoms with van der Waals surface area (Å²) in [5, 5.41) is 5.75. The fourth-order valence-electron chi connectivity index (χ4n) is 2.86. The summed E-state index contributed by atoms with van der Waals surface area (Å²) in [7, 11) is 1.59. The Balaban J connectivity index is 1.70. The first-order chi connectivity index (χ1) is 15.2. The first-order valence-electron chi connectivity index (χ1n) is 10.0. The van der Waals surface area contributed by atoms with Gasteiger partial charge in [0.05, 0.1) is 12.8 Å². The minimum Gasteiger partial charge on any atom is -0.495 e. The summed E-state index contributed by atoms with van der Waals surface area (Å²) in [5.74, 6) is 1.31. The molecular weight excluding hydrogens is 406 g/mol. The summed E-state index contributed by atoms with van der Waals surface area (Å²) in [6, 6.07) is 18.5. The summed E-state index contributed by atoms with van der Waals surface area (Å²) >= 11 is 0. The number of amides is 1. The van der Waals surface area contributed by atoms with Crippen LogP contribution in [0.4, 0.5) is 22.0 Å². The lowest BCUT2D eigenvalue weighted by atomic mass is 10.1. The Morgan fingerprint density at radius 3 is 2.47 bits per heavy atom. The van der Waals surface area contributed by atoms with E-state index < -0.39 is 11.7 Å². The SMILES string of the molecule is COc1ccccc1NC(N)=Nc1ccc(-c2cccc(NC(=O)OC(C)(C)C)c2)cn1. The smallest absolute Gasteiger partial charge is 0.412 e. The molecule has 0 fully saturated rings. The van der Waals surface area contributed by atoms with E-state index in [-0.39, 0.29) is 5.96 Å². The van der Waals surface area contributed by atoms with Gasteiger partial charge in [-0.15, -0.1) is 0 Å². The van der Waals surface area contributed by atoms with Gasteiger partial charge in [-0.1, -0.05) is 24.3 Å². The maximum absolute atomic E-state index is 12.0. The van der Waals surface area contributed by atoms with E-state index in [4.69, 9.17) is 15.2 Å². The van der Waals surface area contributed by atoms with Crippen molar-refractivity contribution in [1.82, 2.24) is 4.98 Å². The highest BCUT2D eigenvalue weighted by molar-refractivity contribution is 5.95. The van der Waals surface area contributed by atoms with Crippen LogP contribution in [0.1, 0.15) is 20.8 Å². The third kappa shape index (κ3) is 6.46. The Labute approximate surface area is 187 Å². The van der Waals surface area contributed by atoms with Crippen LogP contribution >= 0.6 is 0 Å². The third-order valence-corrected chi connectivity index (χ3v) is 4.19. The topological polar surface area (TPSA) is 111 Å². The fraction of sp³-hybridized carbons (Fsp3) is 0.208. The molecule has 4 N–H and O–H groups in total. The van der Waals surface area contributed by atoms with Crippen molar-refractivity contribution in [3.05, 3.63) is 66.9 Å². The Morgan fingerprint density at radius 1 is 1.00 bits per heavy atom. The number of carbonyl (C=O) groups excluding carboxylic acids is 1. The molecule has 0 unspecified atom stereocenters. The van der Waals surface area contributed by atoms with Crippen LogP contribution in [0.2, 0.25) is 0 Å². The fourth-order valence-corrected chi connectivity index (χ4v) is 2.86. The standard InChI is InChI=1S/C24H27N5O3/c1-24(2,3)32-23(30)27-18-9-7-8-16(14-18)17-12-13-21(26-15-17)29-22(25)28-19-10-5-6-11-20(19)31-4/h5-15H,1-4H3,(H,27,30)(H3,25,26,28,29). The maximum Gasteiger partial charge on any atom is 0.412 e. The Kier molecular flexibility index (Phi) is 6.94. The number of benzene rings is 2. The number of rotatable bonds is 5. The van der Waals surface area contributed by atoms with Gasteiger partial charge < -0.3 is 20.5 Å². The molecule has 0 radical (unpaired) electrons. The summed E-state index contributed by atoms with van der Waals surface area (Å²) in [5.41, 5.74) is 8.54. The molecule has 1 amide bonds. The van der Waals surface area contributed by atoms with Crippen LogP contribution in [0.25, 0.3) is 11.1 Å². The predicted molar refractivity (Wildman–Crippen MR) is 127 cm³/mol. The van der Waals surface area contributed by atoms with Crippen molar-refractivity contribution in [3.63, 3.8) is 0 Å². The lowest BCUT2D eigenvalue weighted by molar-refractivity contribution is 0.0636. The Hall–Kier alpha value is -4.07.